The van der Waals surface area contributed by atoms with Gasteiger partial charge in [0.2, 0.25) is 10.0 Å². The molecule has 31 heavy (non-hydrogen) atoms. The van der Waals surface area contributed by atoms with Gasteiger partial charge in [0, 0.05) is 22.7 Å². The van der Waals surface area contributed by atoms with Crippen molar-refractivity contribution >= 4 is 66.4 Å². The minimum atomic E-state index is -3.36. The molecule has 0 amide bonds. The van der Waals surface area contributed by atoms with E-state index in [0.29, 0.717) is 44.5 Å². The van der Waals surface area contributed by atoms with E-state index in [4.69, 9.17) is 17.3 Å². The number of benzene rings is 3. The van der Waals surface area contributed by atoms with Gasteiger partial charge in [0.1, 0.15) is 5.82 Å². The Kier molecular flexibility index (Phi) is 6.76. The Hall–Kier alpha value is -2.39. The van der Waals surface area contributed by atoms with Crippen molar-refractivity contribution in [2.24, 2.45) is 0 Å². The molecule has 5 nitrogen and oxygen atoms in total. The first-order valence-electron chi connectivity index (χ1n) is 8.89. The Labute approximate surface area is 194 Å². The van der Waals surface area contributed by atoms with Crippen molar-refractivity contribution in [3.8, 4) is 11.1 Å². The normalized spacial score (nSPS) is 11.3. The van der Waals surface area contributed by atoms with Crippen molar-refractivity contribution < 1.29 is 12.8 Å². The van der Waals surface area contributed by atoms with Crippen LogP contribution in [0.2, 0.25) is 5.02 Å². The fourth-order valence-electron chi connectivity index (χ4n) is 3.27. The van der Waals surface area contributed by atoms with Gasteiger partial charge in [0.25, 0.3) is 0 Å². The number of hydrogen-bond acceptors (Lipinski definition) is 5. The molecule has 0 fully saturated rings. The molecule has 0 atom stereocenters. The van der Waals surface area contributed by atoms with Crippen LogP contribution >= 0.6 is 35.3 Å². The van der Waals surface area contributed by atoms with Crippen LogP contribution in [0, 0.1) is 5.82 Å². The summed E-state index contributed by atoms with van der Waals surface area (Å²) in [4.78, 5) is 4.32. The molecule has 0 saturated carbocycles. The molecule has 3 aromatic carbocycles. The summed E-state index contributed by atoms with van der Waals surface area (Å²) in [5.41, 5.74) is 9.17. The number of sulfonamides is 1. The van der Waals surface area contributed by atoms with E-state index in [1.54, 1.807) is 54.6 Å². The Balaban J connectivity index is 0.00000272. The lowest BCUT2D eigenvalue weighted by Crippen LogP contribution is -2.09. The maximum Gasteiger partial charge on any atom is 0.229 e. The van der Waals surface area contributed by atoms with Crippen molar-refractivity contribution in [1.82, 2.24) is 4.98 Å². The number of nitrogen functional groups attached to an aromatic ring is 1. The van der Waals surface area contributed by atoms with Crippen LogP contribution in [0.15, 0.2) is 54.6 Å². The maximum absolute atomic E-state index is 15.6. The second kappa shape index (κ2) is 9.00. The van der Waals surface area contributed by atoms with E-state index in [2.05, 4.69) is 9.71 Å². The monoisotopic (exact) mass is 497 g/mol. The number of aromatic nitrogens is 1. The van der Waals surface area contributed by atoms with E-state index >= 15 is 4.39 Å². The van der Waals surface area contributed by atoms with Crippen LogP contribution in [0.4, 0.5) is 15.2 Å². The van der Waals surface area contributed by atoms with Crippen LogP contribution in [0.5, 0.6) is 0 Å². The van der Waals surface area contributed by atoms with Gasteiger partial charge in [-0.3, -0.25) is 4.72 Å². The summed E-state index contributed by atoms with van der Waals surface area (Å²) in [6, 6.07) is 15.6. The molecular weight excluding hydrogens is 480 g/mol. The highest BCUT2D eigenvalue weighted by atomic mass is 35.5. The topological polar surface area (TPSA) is 85.1 Å². The standard InChI is InChI=1S/C21H17ClFN3O2S2.ClH/c1-30(27,28)26-16-7-5-12(6-8-16)9-14-11-17-20(25-21(24)29-17)18(19(14)23)13-3-2-4-15(22)10-13;/h2-8,10-11,26H,9H2,1H3,(H2,24,25);1H. The molecule has 4 rings (SSSR count). The molecule has 0 aliphatic heterocycles. The SMILES string of the molecule is CS(=O)(=O)Nc1ccc(Cc2cc3sc(N)nc3c(-c3cccc(Cl)c3)c2F)cc1.Cl. The number of rotatable bonds is 5. The third kappa shape index (κ3) is 5.27. The molecule has 10 heteroatoms. The van der Waals surface area contributed by atoms with Crippen molar-refractivity contribution in [3.05, 3.63) is 76.6 Å². The minimum absolute atomic E-state index is 0. The van der Waals surface area contributed by atoms with Gasteiger partial charge >= 0.3 is 0 Å². The predicted molar refractivity (Wildman–Crippen MR) is 129 cm³/mol. The summed E-state index contributed by atoms with van der Waals surface area (Å²) in [5.74, 6) is -0.381. The summed E-state index contributed by atoms with van der Waals surface area (Å²) < 4.78 is 41.5. The van der Waals surface area contributed by atoms with Crippen molar-refractivity contribution in [3.63, 3.8) is 0 Å². The summed E-state index contributed by atoms with van der Waals surface area (Å²) in [7, 11) is -3.36. The smallest absolute Gasteiger partial charge is 0.229 e. The Morgan fingerprint density at radius 1 is 1.16 bits per heavy atom. The second-order valence-corrected chi connectivity index (χ2v) is 10.1. The van der Waals surface area contributed by atoms with E-state index in [1.807, 2.05) is 0 Å². The summed E-state index contributed by atoms with van der Waals surface area (Å²) in [5, 5.41) is 0.864. The van der Waals surface area contributed by atoms with Crippen LogP contribution in [-0.4, -0.2) is 19.7 Å². The molecule has 0 saturated heterocycles. The van der Waals surface area contributed by atoms with Crippen molar-refractivity contribution in [2.45, 2.75) is 6.42 Å². The molecule has 4 aromatic rings. The first kappa shape index (κ1) is 23.3. The molecule has 0 bridgehead atoms. The Morgan fingerprint density at radius 3 is 2.52 bits per heavy atom. The van der Waals surface area contributed by atoms with Gasteiger partial charge in [0.05, 0.1) is 16.5 Å². The zero-order chi connectivity index (χ0) is 21.5. The molecule has 162 valence electrons. The summed E-state index contributed by atoms with van der Waals surface area (Å²) in [6.07, 6.45) is 1.41. The average molecular weight is 498 g/mol. The number of thiazole rings is 1. The van der Waals surface area contributed by atoms with Crippen molar-refractivity contribution in [1.29, 1.82) is 0 Å². The maximum atomic E-state index is 15.6. The number of nitrogens with one attached hydrogen (secondary N) is 1. The molecule has 0 radical (unpaired) electrons. The van der Waals surface area contributed by atoms with Crippen LogP contribution in [-0.2, 0) is 16.4 Å². The first-order chi connectivity index (χ1) is 14.2. The zero-order valence-corrected chi connectivity index (χ0v) is 19.4. The molecule has 1 aromatic heterocycles. The van der Waals surface area contributed by atoms with Crippen LogP contribution in [0.1, 0.15) is 11.1 Å². The fraction of sp³-hybridized carbons (Fsp3) is 0.0952. The molecule has 0 aliphatic rings. The molecule has 3 N–H and O–H groups in total. The highest BCUT2D eigenvalue weighted by Gasteiger charge is 2.19. The first-order valence-corrected chi connectivity index (χ1v) is 12.0. The summed E-state index contributed by atoms with van der Waals surface area (Å²) in [6.45, 7) is 0. The number of nitrogens with two attached hydrogens (primary N) is 1. The summed E-state index contributed by atoms with van der Waals surface area (Å²) >= 11 is 7.42. The van der Waals surface area contributed by atoms with Gasteiger partial charge in [-0.25, -0.2) is 17.8 Å². The average Bonchev–Trinajstić information content (AvgIpc) is 3.02. The van der Waals surface area contributed by atoms with Crippen molar-refractivity contribution in [2.75, 3.05) is 16.7 Å². The number of halogens is 3. The van der Waals surface area contributed by atoms with Crippen LogP contribution in [0.3, 0.4) is 0 Å². The largest absolute Gasteiger partial charge is 0.375 e. The van der Waals surface area contributed by atoms with E-state index in [1.165, 1.54) is 11.3 Å². The lowest BCUT2D eigenvalue weighted by Gasteiger charge is -2.11. The van der Waals surface area contributed by atoms with Gasteiger partial charge in [-0.15, -0.1) is 12.4 Å². The minimum Gasteiger partial charge on any atom is -0.375 e. The number of nitrogens with zero attached hydrogens (tertiary/aromatic N) is 1. The van der Waals surface area contributed by atoms with E-state index in [0.717, 1.165) is 16.5 Å². The van der Waals surface area contributed by atoms with Gasteiger partial charge < -0.3 is 5.73 Å². The van der Waals surface area contributed by atoms with E-state index in [9.17, 15) is 8.42 Å². The highest BCUT2D eigenvalue weighted by Crippen LogP contribution is 2.38. The molecular formula is C21H18Cl2FN3O2S2. The fourth-order valence-corrected chi connectivity index (χ4v) is 4.84. The lowest BCUT2D eigenvalue weighted by atomic mass is 9.97. The molecule has 0 aliphatic carbocycles. The van der Waals surface area contributed by atoms with E-state index < -0.39 is 10.0 Å². The van der Waals surface area contributed by atoms with Crippen LogP contribution in [0.25, 0.3) is 21.3 Å². The number of hydrogen-bond donors (Lipinski definition) is 2. The third-order valence-electron chi connectivity index (χ3n) is 4.48. The van der Waals surface area contributed by atoms with E-state index in [-0.39, 0.29) is 18.2 Å². The predicted octanol–water partition coefficient (Wildman–Crippen LogP) is 5.72. The zero-order valence-electron chi connectivity index (χ0n) is 16.2. The number of fused-ring (bicyclic) bond motifs is 1. The Bertz CT molecular complexity index is 1360. The third-order valence-corrected chi connectivity index (χ3v) is 6.15. The quantitative estimate of drug-likeness (QED) is 0.369. The Morgan fingerprint density at radius 2 is 1.87 bits per heavy atom. The van der Waals surface area contributed by atoms with Gasteiger partial charge in [0.15, 0.2) is 5.13 Å². The highest BCUT2D eigenvalue weighted by molar-refractivity contribution is 7.92. The number of anilines is 2. The lowest BCUT2D eigenvalue weighted by molar-refractivity contribution is 0.607. The molecule has 0 spiro atoms. The molecule has 1 heterocycles. The second-order valence-electron chi connectivity index (χ2n) is 6.88. The van der Waals surface area contributed by atoms with Gasteiger partial charge in [-0.2, -0.15) is 0 Å². The van der Waals surface area contributed by atoms with Gasteiger partial charge in [-0.1, -0.05) is 47.2 Å². The van der Waals surface area contributed by atoms with Gasteiger partial charge in [-0.05, 0) is 47.0 Å². The molecule has 0 unspecified atom stereocenters. The van der Waals surface area contributed by atoms with Crippen LogP contribution < -0.4 is 10.5 Å².